The first-order valence-electron chi connectivity index (χ1n) is 5.63. The summed E-state index contributed by atoms with van der Waals surface area (Å²) in [5.74, 6) is -0.402. The van der Waals surface area contributed by atoms with E-state index in [0.717, 1.165) is 29.3 Å². The number of H-pyrrole nitrogens is 1. The average Bonchev–Trinajstić information content (AvgIpc) is 2.88. The number of primary amides is 1. The van der Waals surface area contributed by atoms with Gasteiger partial charge in [0.15, 0.2) is 0 Å². The molecule has 1 fully saturated rings. The Morgan fingerprint density at radius 1 is 1.47 bits per heavy atom. The van der Waals surface area contributed by atoms with Crippen LogP contribution in [-0.4, -0.2) is 10.9 Å². The number of carbonyl (C=O) groups excluding carboxylic acids is 1. The molecular formula is C13H13ClN2O. The zero-order chi connectivity index (χ0) is 12.2. The van der Waals surface area contributed by atoms with Gasteiger partial charge < -0.3 is 10.7 Å². The fourth-order valence-electron chi connectivity index (χ4n) is 2.41. The Morgan fingerprint density at radius 3 is 2.76 bits per heavy atom. The molecule has 1 saturated carbocycles. The third-order valence-electron chi connectivity index (χ3n) is 3.61. The molecule has 1 heterocycles. The van der Waals surface area contributed by atoms with Gasteiger partial charge in [-0.05, 0) is 42.0 Å². The minimum absolute atomic E-state index is 0.0767. The van der Waals surface area contributed by atoms with E-state index in [0.29, 0.717) is 10.7 Å². The lowest BCUT2D eigenvalue weighted by atomic mass is 9.94. The minimum Gasteiger partial charge on any atom is -0.364 e. The highest BCUT2D eigenvalue weighted by Crippen LogP contribution is 2.51. The molecule has 0 spiro atoms. The van der Waals surface area contributed by atoms with E-state index in [-0.39, 0.29) is 5.41 Å². The van der Waals surface area contributed by atoms with Gasteiger partial charge in [0.05, 0.1) is 0 Å². The van der Waals surface area contributed by atoms with Gasteiger partial charge in [0, 0.05) is 15.9 Å². The number of hydrogen-bond donors (Lipinski definition) is 2. The normalized spacial score (nSPS) is 17.3. The van der Waals surface area contributed by atoms with Crippen LogP contribution in [0.15, 0.2) is 18.2 Å². The Kier molecular flexibility index (Phi) is 2.05. The monoisotopic (exact) mass is 248 g/mol. The number of carbonyl (C=O) groups is 1. The van der Waals surface area contributed by atoms with Crippen molar-refractivity contribution in [3.05, 3.63) is 34.5 Å². The third kappa shape index (κ3) is 1.53. The first-order chi connectivity index (χ1) is 8.01. The Labute approximate surface area is 104 Å². The summed E-state index contributed by atoms with van der Waals surface area (Å²) in [5.41, 5.74) is 8.00. The molecule has 3 rings (SSSR count). The lowest BCUT2D eigenvalue weighted by molar-refractivity contribution is 0.0995. The van der Waals surface area contributed by atoms with Crippen molar-refractivity contribution in [2.75, 3.05) is 0 Å². The maximum absolute atomic E-state index is 11.5. The molecule has 0 saturated heterocycles. The zero-order valence-electron chi connectivity index (χ0n) is 9.51. The SMILES string of the molecule is CC1(c2c(C(N)=O)[nH]c3ccc(Cl)cc23)CC1. The van der Waals surface area contributed by atoms with E-state index in [1.807, 2.05) is 18.2 Å². The van der Waals surface area contributed by atoms with E-state index >= 15 is 0 Å². The molecule has 1 aromatic carbocycles. The lowest BCUT2D eigenvalue weighted by Gasteiger charge is -2.09. The Balaban J connectivity index is 2.37. The van der Waals surface area contributed by atoms with Gasteiger partial charge >= 0.3 is 0 Å². The molecule has 0 radical (unpaired) electrons. The summed E-state index contributed by atoms with van der Waals surface area (Å²) in [6.07, 6.45) is 2.18. The van der Waals surface area contributed by atoms with Gasteiger partial charge in [0.1, 0.15) is 5.69 Å². The standard InChI is InChI=1S/C13H13ClN2O/c1-13(4-5-13)10-8-6-7(14)2-3-9(8)16-11(10)12(15)17/h2-3,6,16H,4-5H2,1H3,(H2,15,17). The van der Waals surface area contributed by atoms with Crippen molar-refractivity contribution in [3.8, 4) is 0 Å². The molecule has 1 aliphatic carbocycles. The second-order valence-electron chi connectivity index (χ2n) is 4.99. The van der Waals surface area contributed by atoms with Crippen LogP contribution >= 0.6 is 11.6 Å². The molecule has 88 valence electrons. The first kappa shape index (κ1) is 10.7. The number of benzene rings is 1. The van der Waals surface area contributed by atoms with Gasteiger partial charge in [0.25, 0.3) is 5.91 Å². The van der Waals surface area contributed by atoms with Crippen LogP contribution in [0.25, 0.3) is 10.9 Å². The summed E-state index contributed by atoms with van der Waals surface area (Å²) in [4.78, 5) is 14.6. The van der Waals surface area contributed by atoms with Crippen LogP contribution in [0.4, 0.5) is 0 Å². The number of halogens is 1. The number of nitrogens with two attached hydrogens (primary N) is 1. The molecule has 1 aliphatic rings. The molecule has 1 amide bonds. The van der Waals surface area contributed by atoms with Gasteiger partial charge in [0.2, 0.25) is 0 Å². The van der Waals surface area contributed by atoms with Crippen LogP contribution in [0, 0.1) is 0 Å². The molecule has 17 heavy (non-hydrogen) atoms. The summed E-state index contributed by atoms with van der Waals surface area (Å²) < 4.78 is 0. The van der Waals surface area contributed by atoms with Crippen molar-refractivity contribution in [1.29, 1.82) is 0 Å². The number of fused-ring (bicyclic) bond motifs is 1. The summed E-state index contributed by atoms with van der Waals surface area (Å²) in [7, 11) is 0. The van der Waals surface area contributed by atoms with Crippen molar-refractivity contribution < 1.29 is 4.79 Å². The van der Waals surface area contributed by atoms with Crippen LogP contribution in [-0.2, 0) is 5.41 Å². The molecule has 3 nitrogen and oxygen atoms in total. The Morgan fingerprint density at radius 2 is 2.18 bits per heavy atom. The molecule has 4 heteroatoms. The van der Waals surface area contributed by atoms with Crippen LogP contribution in [0.2, 0.25) is 5.02 Å². The van der Waals surface area contributed by atoms with Crippen LogP contribution < -0.4 is 5.73 Å². The average molecular weight is 249 g/mol. The van der Waals surface area contributed by atoms with E-state index in [4.69, 9.17) is 17.3 Å². The molecule has 0 aliphatic heterocycles. The zero-order valence-corrected chi connectivity index (χ0v) is 10.3. The van der Waals surface area contributed by atoms with E-state index in [9.17, 15) is 4.79 Å². The summed E-state index contributed by atoms with van der Waals surface area (Å²) in [5, 5.41) is 1.70. The van der Waals surface area contributed by atoms with Crippen molar-refractivity contribution in [2.45, 2.75) is 25.2 Å². The Hall–Kier alpha value is -1.48. The molecule has 1 aromatic heterocycles. The molecule has 0 unspecified atom stereocenters. The molecule has 0 bridgehead atoms. The van der Waals surface area contributed by atoms with Crippen molar-refractivity contribution in [2.24, 2.45) is 5.73 Å². The van der Waals surface area contributed by atoms with Crippen molar-refractivity contribution in [1.82, 2.24) is 4.98 Å². The second-order valence-corrected chi connectivity index (χ2v) is 5.43. The van der Waals surface area contributed by atoms with Gasteiger partial charge in [-0.25, -0.2) is 0 Å². The summed E-state index contributed by atoms with van der Waals surface area (Å²) >= 11 is 6.02. The van der Waals surface area contributed by atoms with Gasteiger partial charge in [-0.3, -0.25) is 4.79 Å². The maximum Gasteiger partial charge on any atom is 0.265 e. The van der Waals surface area contributed by atoms with Gasteiger partial charge in [-0.1, -0.05) is 18.5 Å². The number of amides is 1. The maximum atomic E-state index is 11.5. The highest BCUT2D eigenvalue weighted by Gasteiger charge is 2.43. The fourth-order valence-corrected chi connectivity index (χ4v) is 2.59. The van der Waals surface area contributed by atoms with Crippen LogP contribution in [0.5, 0.6) is 0 Å². The third-order valence-corrected chi connectivity index (χ3v) is 3.85. The van der Waals surface area contributed by atoms with Gasteiger partial charge in [-0.2, -0.15) is 0 Å². The lowest BCUT2D eigenvalue weighted by Crippen LogP contribution is -2.16. The highest BCUT2D eigenvalue weighted by molar-refractivity contribution is 6.31. The molecule has 2 aromatic rings. The predicted molar refractivity (Wildman–Crippen MR) is 68.4 cm³/mol. The smallest absolute Gasteiger partial charge is 0.265 e. The summed E-state index contributed by atoms with van der Waals surface area (Å²) in [6, 6.07) is 5.60. The van der Waals surface area contributed by atoms with E-state index in [2.05, 4.69) is 11.9 Å². The topological polar surface area (TPSA) is 58.9 Å². The van der Waals surface area contributed by atoms with E-state index < -0.39 is 5.91 Å². The molecule has 3 N–H and O–H groups in total. The number of aromatic amines is 1. The van der Waals surface area contributed by atoms with Gasteiger partial charge in [-0.15, -0.1) is 0 Å². The quantitative estimate of drug-likeness (QED) is 0.843. The second kappa shape index (κ2) is 3.26. The largest absolute Gasteiger partial charge is 0.364 e. The number of hydrogen-bond acceptors (Lipinski definition) is 1. The Bertz CT molecular complexity index is 626. The van der Waals surface area contributed by atoms with E-state index in [1.165, 1.54) is 0 Å². The molecular weight excluding hydrogens is 236 g/mol. The van der Waals surface area contributed by atoms with Crippen LogP contribution in [0.1, 0.15) is 35.8 Å². The molecule has 0 atom stereocenters. The van der Waals surface area contributed by atoms with Crippen molar-refractivity contribution >= 4 is 28.4 Å². The highest BCUT2D eigenvalue weighted by atomic mass is 35.5. The fraction of sp³-hybridized carbons (Fsp3) is 0.308. The van der Waals surface area contributed by atoms with Crippen molar-refractivity contribution in [3.63, 3.8) is 0 Å². The summed E-state index contributed by atoms with van der Waals surface area (Å²) in [6.45, 7) is 2.16. The number of rotatable bonds is 2. The van der Waals surface area contributed by atoms with Crippen LogP contribution in [0.3, 0.4) is 0 Å². The number of nitrogens with one attached hydrogen (secondary N) is 1. The minimum atomic E-state index is -0.402. The number of aromatic nitrogens is 1. The first-order valence-corrected chi connectivity index (χ1v) is 6.00. The predicted octanol–water partition coefficient (Wildman–Crippen LogP) is 2.97. The van der Waals surface area contributed by atoms with E-state index in [1.54, 1.807) is 0 Å².